The van der Waals surface area contributed by atoms with Crippen molar-refractivity contribution >= 4 is 18.0 Å². The van der Waals surface area contributed by atoms with Gasteiger partial charge in [0.25, 0.3) is 0 Å². The number of hydrogen-bond donors (Lipinski definition) is 0. The van der Waals surface area contributed by atoms with Gasteiger partial charge in [0.05, 0.1) is 26.1 Å². The first kappa shape index (κ1) is 17.3. The smallest absolute Gasteiger partial charge is 0.410 e. The van der Waals surface area contributed by atoms with Crippen LogP contribution in [0.5, 0.6) is 0 Å². The minimum Gasteiger partial charge on any atom is -0.469 e. The highest BCUT2D eigenvalue weighted by Crippen LogP contribution is 2.25. The summed E-state index contributed by atoms with van der Waals surface area (Å²) >= 11 is 0. The molecule has 0 aromatic carbocycles. The monoisotopic (exact) mass is 301 g/mol. The Morgan fingerprint density at radius 2 is 1.38 bits per heavy atom. The van der Waals surface area contributed by atoms with E-state index in [1.807, 2.05) is 0 Å². The normalized spacial score (nSPS) is 22.4. The van der Waals surface area contributed by atoms with Crippen LogP contribution in [0, 0.1) is 11.8 Å². The van der Waals surface area contributed by atoms with Gasteiger partial charge >= 0.3 is 18.0 Å². The fraction of sp³-hybridized carbons (Fsp3) is 0.786. The molecule has 0 aromatic heterocycles. The molecular weight excluding hydrogens is 278 g/mol. The number of methoxy groups -OCH3 is 2. The Morgan fingerprint density at radius 3 is 1.71 bits per heavy atom. The summed E-state index contributed by atoms with van der Waals surface area (Å²) in [6, 6.07) is 0. The summed E-state index contributed by atoms with van der Waals surface area (Å²) in [5, 5.41) is 0. The van der Waals surface area contributed by atoms with Crippen LogP contribution in [-0.4, -0.2) is 55.8 Å². The molecule has 0 bridgehead atoms. The van der Waals surface area contributed by atoms with Crippen molar-refractivity contribution in [1.82, 2.24) is 4.90 Å². The van der Waals surface area contributed by atoms with Crippen LogP contribution in [0.25, 0.3) is 0 Å². The lowest BCUT2D eigenvalue weighted by atomic mass is 9.89. The quantitative estimate of drug-likeness (QED) is 0.563. The number of piperidine rings is 1. The Balaban J connectivity index is 2.85. The van der Waals surface area contributed by atoms with E-state index in [9.17, 15) is 14.4 Å². The van der Waals surface area contributed by atoms with E-state index in [2.05, 4.69) is 0 Å². The van der Waals surface area contributed by atoms with Gasteiger partial charge in [-0.05, 0) is 27.2 Å². The lowest BCUT2D eigenvalue weighted by molar-refractivity contribution is -0.153. The molecule has 1 aliphatic heterocycles. The largest absolute Gasteiger partial charge is 0.469 e. The minimum atomic E-state index is -0.643. The molecule has 1 aliphatic rings. The van der Waals surface area contributed by atoms with Crippen LogP contribution >= 0.6 is 0 Å². The maximum atomic E-state index is 12.1. The number of carbonyl (C=O) groups is 3. The minimum absolute atomic E-state index is 0.176. The molecule has 7 heteroatoms. The highest BCUT2D eigenvalue weighted by Gasteiger charge is 2.39. The molecule has 21 heavy (non-hydrogen) atoms. The van der Waals surface area contributed by atoms with Crippen molar-refractivity contribution in [2.75, 3.05) is 27.3 Å². The Hall–Kier alpha value is -1.79. The molecule has 0 aromatic rings. The third kappa shape index (κ3) is 4.91. The highest BCUT2D eigenvalue weighted by atomic mass is 16.6. The molecule has 0 N–H and O–H groups in total. The van der Waals surface area contributed by atoms with Gasteiger partial charge in [-0.2, -0.15) is 0 Å². The Labute approximate surface area is 124 Å². The van der Waals surface area contributed by atoms with Gasteiger partial charge < -0.3 is 19.1 Å². The molecule has 0 spiro atoms. The zero-order chi connectivity index (χ0) is 16.2. The van der Waals surface area contributed by atoms with Crippen molar-refractivity contribution in [3.05, 3.63) is 0 Å². The third-order valence-corrected chi connectivity index (χ3v) is 3.17. The zero-order valence-electron chi connectivity index (χ0n) is 13.2. The van der Waals surface area contributed by atoms with Crippen molar-refractivity contribution in [3.63, 3.8) is 0 Å². The van der Waals surface area contributed by atoms with Crippen LogP contribution in [-0.2, 0) is 23.8 Å². The number of hydrogen-bond acceptors (Lipinski definition) is 6. The van der Waals surface area contributed by atoms with E-state index in [4.69, 9.17) is 14.2 Å². The van der Waals surface area contributed by atoms with Gasteiger partial charge in [-0.1, -0.05) is 0 Å². The number of likely N-dealkylation sites (tertiary alicyclic amines) is 1. The SMILES string of the molecule is COC(=O)[C@H]1C[C@H](C(=O)OC)CN(C(=O)OC(C)(C)C)C1. The average Bonchev–Trinajstić information content (AvgIpc) is 2.43. The van der Waals surface area contributed by atoms with E-state index in [1.165, 1.54) is 19.1 Å². The summed E-state index contributed by atoms with van der Waals surface area (Å²) in [7, 11) is 2.56. The van der Waals surface area contributed by atoms with Gasteiger partial charge in [-0.3, -0.25) is 9.59 Å². The number of rotatable bonds is 2. The van der Waals surface area contributed by atoms with E-state index in [0.29, 0.717) is 6.42 Å². The Morgan fingerprint density at radius 1 is 0.952 bits per heavy atom. The Bertz CT molecular complexity index is 390. The van der Waals surface area contributed by atoms with E-state index in [0.717, 1.165) is 0 Å². The van der Waals surface area contributed by atoms with Crippen molar-refractivity contribution in [2.45, 2.75) is 32.8 Å². The van der Waals surface area contributed by atoms with Gasteiger partial charge in [0, 0.05) is 13.1 Å². The van der Waals surface area contributed by atoms with Gasteiger partial charge in [0.15, 0.2) is 0 Å². The highest BCUT2D eigenvalue weighted by molar-refractivity contribution is 5.79. The van der Waals surface area contributed by atoms with Crippen LogP contribution in [0.4, 0.5) is 4.79 Å². The molecule has 0 unspecified atom stereocenters. The number of ether oxygens (including phenoxy) is 3. The van der Waals surface area contributed by atoms with Gasteiger partial charge in [-0.25, -0.2) is 4.79 Å². The van der Waals surface area contributed by atoms with Crippen LogP contribution in [0.1, 0.15) is 27.2 Å². The zero-order valence-corrected chi connectivity index (χ0v) is 13.2. The van der Waals surface area contributed by atoms with Crippen LogP contribution in [0.3, 0.4) is 0 Å². The standard InChI is InChI=1S/C14H23NO6/c1-14(2,3)21-13(18)15-7-9(11(16)19-4)6-10(8-15)12(17)20-5/h9-10H,6-8H2,1-5H3/t9-,10-/m0/s1. The predicted molar refractivity (Wildman–Crippen MR) is 73.4 cm³/mol. The molecule has 1 heterocycles. The van der Waals surface area contributed by atoms with Crippen LogP contribution in [0.15, 0.2) is 0 Å². The summed E-state index contributed by atoms with van der Waals surface area (Å²) in [5.74, 6) is -2.00. The van der Waals surface area contributed by atoms with Crippen molar-refractivity contribution in [3.8, 4) is 0 Å². The van der Waals surface area contributed by atoms with Gasteiger partial charge in [0.2, 0.25) is 0 Å². The maximum Gasteiger partial charge on any atom is 0.410 e. The number of carbonyl (C=O) groups excluding carboxylic acids is 3. The molecule has 7 nitrogen and oxygen atoms in total. The van der Waals surface area contributed by atoms with Crippen molar-refractivity contribution in [2.24, 2.45) is 11.8 Å². The fourth-order valence-electron chi connectivity index (χ4n) is 2.25. The van der Waals surface area contributed by atoms with E-state index in [1.54, 1.807) is 20.8 Å². The number of nitrogens with zero attached hydrogens (tertiary/aromatic N) is 1. The lowest BCUT2D eigenvalue weighted by Gasteiger charge is -2.36. The summed E-state index contributed by atoms with van der Waals surface area (Å²) in [6.07, 6.45) is -0.247. The van der Waals surface area contributed by atoms with Gasteiger partial charge in [-0.15, -0.1) is 0 Å². The third-order valence-electron chi connectivity index (χ3n) is 3.17. The van der Waals surface area contributed by atoms with E-state index >= 15 is 0 Å². The molecule has 0 saturated carbocycles. The molecule has 1 amide bonds. The second kappa shape index (κ2) is 6.78. The average molecular weight is 301 g/mol. The fourth-order valence-corrected chi connectivity index (χ4v) is 2.25. The molecule has 1 saturated heterocycles. The first-order valence-corrected chi connectivity index (χ1v) is 6.81. The van der Waals surface area contributed by atoms with Gasteiger partial charge in [0.1, 0.15) is 5.60 Å². The molecular formula is C14H23NO6. The van der Waals surface area contributed by atoms with E-state index in [-0.39, 0.29) is 13.1 Å². The second-order valence-corrected chi connectivity index (χ2v) is 6.06. The topological polar surface area (TPSA) is 82.1 Å². The first-order chi connectivity index (χ1) is 9.67. The maximum absolute atomic E-state index is 12.1. The number of esters is 2. The summed E-state index contributed by atoms with van der Waals surface area (Å²) < 4.78 is 14.7. The van der Waals surface area contributed by atoms with Crippen molar-refractivity contribution < 1.29 is 28.6 Å². The molecule has 2 atom stereocenters. The van der Waals surface area contributed by atoms with E-state index < -0.39 is 35.5 Å². The van der Waals surface area contributed by atoms with Crippen LogP contribution in [0.2, 0.25) is 0 Å². The Kier molecular flexibility index (Phi) is 5.57. The molecule has 1 fully saturated rings. The van der Waals surface area contributed by atoms with Crippen molar-refractivity contribution in [1.29, 1.82) is 0 Å². The summed E-state index contributed by atoms with van der Waals surface area (Å²) in [5.41, 5.74) is -0.643. The molecule has 0 radical (unpaired) electrons. The first-order valence-electron chi connectivity index (χ1n) is 6.81. The second-order valence-electron chi connectivity index (χ2n) is 6.06. The molecule has 120 valence electrons. The summed E-state index contributed by atoms with van der Waals surface area (Å²) in [4.78, 5) is 36.9. The molecule has 0 aliphatic carbocycles. The van der Waals surface area contributed by atoms with Crippen LogP contribution < -0.4 is 0 Å². The molecule has 1 rings (SSSR count). The predicted octanol–water partition coefficient (Wildman–Crippen LogP) is 1.21. The number of amides is 1. The lowest BCUT2D eigenvalue weighted by Crippen LogP contribution is -2.50. The summed E-state index contributed by atoms with van der Waals surface area (Å²) in [6.45, 7) is 5.61.